The van der Waals surface area contributed by atoms with Crippen LogP contribution >= 0.6 is 0 Å². The van der Waals surface area contributed by atoms with Gasteiger partial charge < -0.3 is 4.98 Å². The summed E-state index contributed by atoms with van der Waals surface area (Å²) in [5, 5.41) is 0. The molecule has 0 aliphatic rings. The van der Waals surface area contributed by atoms with Crippen LogP contribution in [0.25, 0.3) is 0 Å². The third kappa shape index (κ3) is 1.65. The zero-order valence-corrected chi connectivity index (χ0v) is 7.86. The molecule has 0 spiro atoms. The second-order valence-corrected chi connectivity index (χ2v) is 3.79. The molecule has 0 aromatic carbocycles. The maximum absolute atomic E-state index is 3.37. The molecule has 0 amide bonds. The molecule has 0 fully saturated rings. The van der Waals surface area contributed by atoms with E-state index in [1.54, 1.807) is 0 Å². The highest BCUT2D eigenvalue weighted by Crippen LogP contribution is 2.25. The first-order valence-corrected chi connectivity index (χ1v) is 4.22. The molecule has 0 aliphatic heterocycles. The van der Waals surface area contributed by atoms with Crippen molar-refractivity contribution in [1.82, 2.24) is 4.98 Å². The van der Waals surface area contributed by atoms with Crippen LogP contribution in [0.5, 0.6) is 0 Å². The quantitative estimate of drug-likeness (QED) is 0.668. The average Bonchev–Trinajstić information content (AvgIpc) is 2.36. The molecule has 1 N–H and O–H groups in total. The number of aromatic nitrogens is 1. The van der Waals surface area contributed by atoms with Gasteiger partial charge in [-0.3, -0.25) is 0 Å². The van der Waals surface area contributed by atoms with E-state index in [4.69, 9.17) is 0 Å². The van der Waals surface area contributed by atoms with Gasteiger partial charge in [0.1, 0.15) is 0 Å². The van der Waals surface area contributed by atoms with Gasteiger partial charge in [0.2, 0.25) is 0 Å². The predicted octanol–water partition coefficient (Wildman–Crippen LogP) is 3.01. The fourth-order valence-electron chi connectivity index (χ4n) is 1.09. The lowest BCUT2D eigenvalue weighted by molar-refractivity contribution is 0.492. The summed E-state index contributed by atoms with van der Waals surface area (Å²) in [7, 11) is 0. The Labute approximate surface area is 68.8 Å². The minimum Gasteiger partial charge on any atom is -0.362 e. The number of nitrogens with one attached hydrogen (secondary N) is 1. The summed E-state index contributed by atoms with van der Waals surface area (Å²) in [6, 6.07) is 4.31. The van der Waals surface area contributed by atoms with Crippen molar-refractivity contribution in [3.05, 3.63) is 23.5 Å². The van der Waals surface area contributed by atoms with Gasteiger partial charge in [0.15, 0.2) is 0 Å². The van der Waals surface area contributed by atoms with Crippen LogP contribution in [0.3, 0.4) is 0 Å². The molecule has 0 saturated carbocycles. The van der Waals surface area contributed by atoms with Crippen molar-refractivity contribution >= 4 is 0 Å². The van der Waals surface area contributed by atoms with E-state index in [1.165, 1.54) is 17.8 Å². The van der Waals surface area contributed by atoms with Crippen LogP contribution in [0.2, 0.25) is 0 Å². The molecule has 0 radical (unpaired) electrons. The molecule has 0 unspecified atom stereocenters. The first kappa shape index (κ1) is 8.38. The molecule has 1 nitrogen and oxygen atoms in total. The van der Waals surface area contributed by atoms with Crippen molar-refractivity contribution in [3.63, 3.8) is 0 Å². The second-order valence-electron chi connectivity index (χ2n) is 3.79. The van der Waals surface area contributed by atoms with Gasteiger partial charge in [-0.25, -0.2) is 0 Å². The summed E-state index contributed by atoms with van der Waals surface area (Å²) in [6.07, 6.45) is 1.17. The van der Waals surface area contributed by atoms with Crippen LogP contribution in [-0.4, -0.2) is 4.98 Å². The Morgan fingerprint density at radius 2 is 2.00 bits per heavy atom. The van der Waals surface area contributed by atoms with Crippen molar-refractivity contribution < 1.29 is 0 Å². The maximum atomic E-state index is 3.37. The number of hydrogen-bond acceptors (Lipinski definition) is 0. The Morgan fingerprint density at radius 1 is 1.36 bits per heavy atom. The van der Waals surface area contributed by atoms with Crippen LogP contribution < -0.4 is 0 Å². The normalized spacial score (nSPS) is 12.0. The van der Waals surface area contributed by atoms with Gasteiger partial charge in [-0.2, -0.15) is 0 Å². The summed E-state index contributed by atoms with van der Waals surface area (Å²) in [5.41, 5.74) is 2.90. The van der Waals surface area contributed by atoms with E-state index in [0.29, 0.717) is 5.41 Å². The van der Waals surface area contributed by atoms with E-state index in [2.05, 4.69) is 44.8 Å². The van der Waals surface area contributed by atoms with E-state index >= 15 is 0 Å². The number of hydrogen-bond donors (Lipinski definition) is 1. The molecule has 0 atom stereocenters. The van der Waals surface area contributed by atoms with Crippen LogP contribution in [-0.2, 0) is 5.41 Å². The molecule has 11 heavy (non-hydrogen) atoms. The van der Waals surface area contributed by atoms with Gasteiger partial charge in [0, 0.05) is 16.8 Å². The molecule has 0 aliphatic carbocycles. The summed E-state index contributed by atoms with van der Waals surface area (Å²) < 4.78 is 0. The lowest BCUT2D eigenvalue weighted by Gasteiger charge is -2.20. The van der Waals surface area contributed by atoms with Gasteiger partial charge in [0.05, 0.1) is 0 Å². The van der Waals surface area contributed by atoms with E-state index in [0.717, 1.165) is 0 Å². The van der Waals surface area contributed by atoms with E-state index in [9.17, 15) is 0 Å². The molecule has 0 bridgehead atoms. The number of rotatable bonds is 2. The maximum Gasteiger partial charge on any atom is 0.0206 e. The smallest absolute Gasteiger partial charge is 0.0206 e. The van der Waals surface area contributed by atoms with Crippen LogP contribution in [0, 0.1) is 6.92 Å². The summed E-state index contributed by atoms with van der Waals surface area (Å²) >= 11 is 0. The van der Waals surface area contributed by atoms with Gasteiger partial charge in [-0.1, -0.05) is 20.8 Å². The monoisotopic (exact) mass is 151 g/mol. The largest absolute Gasteiger partial charge is 0.362 e. The third-order valence-corrected chi connectivity index (χ3v) is 2.44. The number of aromatic amines is 1. The first-order chi connectivity index (χ1) is 5.06. The molecule has 1 heterocycles. The van der Waals surface area contributed by atoms with Gasteiger partial charge in [0.25, 0.3) is 0 Å². The minimum absolute atomic E-state index is 0.300. The molecular weight excluding hydrogens is 134 g/mol. The molecule has 1 aromatic heterocycles. The highest BCUT2D eigenvalue weighted by Gasteiger charge is 2.18. The molecule has 1 aromatic rings. The Bertz CT molecular complexity index is 233. The van der Waals surface area contributed by atoms with Crippen molar-refractivity contribution in [1.29, 1.82) is 0 Å². The van der Waals surface area contributed by atoms with Crippen LogP contribution in [0.1, 0.15) is 38.6 Å². The molecular formula is C10H17N. The van der Waals surface area contributed by atoms with Crippen molar-refractivity contribution in [2.75, 3.05) is 0 Å². The SMILES string of the molecule is CCC(C)(C)c1ccc(C)[nH]1. The predicted molar refractivity (Wildman–Crippen MR) is 48.8 cm³/mol. The highest BCUT2D eigenvalue weighted by atomic mass is 14.7. The lowest BCUT2D eigenvalue weighted by atomic mass is 9.87. The second kappa shape index (κ2) is 2.72. The Kier molecular flexibility index (Phi) is 2.08. The number of aryl methyl sites for hydroxylation is 1. The molecule has 62 valence electrons. The summed E-state index contributed by atoms with van der Waals surface area (Å²) in [5.74, 6) is 0. The van der Waals surface area contributed by atoms with Crippen molar-refractivity contribution in [3.8, 4) is 0 Å². The van der Waals surface area contributed by atoms with Crippen LogP contribution in [0.4, 0.5) is 0 Å². The summed E-state index contributed by atoms with van der Waals surface area (Å²) in [6.45, 7) is 8.84. The summed E-state index contributed by atoms with van der Waals surface area (Å²) in [4.78, 5) is 3.37. The Morgan fingerprint density at radius 3 is 2.36 bits per heavy atom. The lowest BCUT2D eigenvalue weighted by Crippen LogP contribution is -2.15. The van der Waals surface area contributed by atoms with E-state index in [1.807, 2.05) is 0 Å². The first-order valence-electron chi connectivity index (χ1n) is 4.22. The molecule has 0 saturated heterocycles. The molecule has 1 rings (SSSR count). The van der Waals surface area contributed by atoms with E-state index in [-0.39, 0.29) is 0 Å². The van der Waals surface area contributed by atoms with Crippen molar-refractivity contribution in [2.45, 2.75) is 39.5 Å². The zero-order chi connectivity index (χ0) is 8.48. The average molecular weight is 151 g/mol. The fraction of sp³-hybridized carbons (Fsp3) is 0.600. The Balaban J connectivity index is 2.92. The third-order valence-electron chi connectivity index (χ3n) is 2.44. The van der Waals surface area contributed by atoms with Gasteiger partial charge >= 0.3 is 0 Å². The standard InChI is InChI=1S/C10H17N/c1-5-10(3,4)9-7-6-8(2)11-9/h6-7,11H,5H2,1-4H3. The van der Waals surface area contributed by atoms with Crippen molar-refractivity contribution in [2.24, 2.45) is 0 Å². The van der Waals surface area contributed by atoms with Gasteiger partial charge in [-0.15, -0.1) is 0 Å². The number of H-pyrrole nitrogens is 1. The van der Waals surface area contributed by atoms with Gasteiger partial charge in [-0.05, 0) is 25.5 Å². The topological polar surface area (TPSA) is 15.8 Å². The minimum atomic E-state index is 0.300. The fourth-order valence-corrected chi connectivity index (χ4v) is 1.09. The highest BCUT2D eigenvalue weighted by molar-refractivity contribution is 5.19. The zero-order valence-electron chi connectivity index (χ0n) is 7.86. The molecule has 1 heteroatoms. The van der Waals surface area contributed by atoms with Crippen LogP contribution in [0.15, 0.2) is 12.1 Å². The Hall–Kier alpha value is -0.720. The van der Waals surface area contributed by atoms with E-state index < -0.39 is 0 Å².